The van der Waals surface area contributed by atoms with Gasteiger partial charge in [0.15, 0.2) is 0 Å². The standard InChI is InChI=1S/C16H16N4O3/c1-19(10-16-11-23-16)14-6-2-12(3-7-14)17-18-13-4-8-15(9-5-13)20(21)22/h2-9,16H,10-11H2,1H3. The van der Waals surface area contributed by atoms with Crippen LogP contribution in [0.2, 0.25) is 0 Å². The first kappa shape index (κ1) is 15.1. The highest BCUT2D eigenvalue weighted by atomic mass is 16.6. The van der Waals surface area contributed by atoms with Crippen molar-refractivity contribution >= 4 is 22.7 Å². The first-order chi connectivity index (χ1) is 11.1. The number of nitrogens with zero attached hydrogens (tertiary/aromatic N) is 4. The summed E-state index contributed by atoms with van der Waals surface area (Å²) in [5.41, 5.74) is 2.43. The summed E-state index contributed by atoms with van der Waals surface area (Å²) >= 11 is 0. The van der Waals surface area contributed by atoms with Gasteiger partial charge >= 0.3 is 0 Å². The monoisotopic (exact) mass is 312 g/mol. The van der Waals surface area contributed by atoms with E-state index in [-0.39, 0.29) is 5.69 Å². The highest BCUT2D eigenvalue weighted by molar-refractivity contribution is 5.52. The van der Waals surface area contributed by atoms with Gasteiger partial charge in [0.05, 0.1) is 29.0 Å². The third-order valence-corrected chi connectivity index (χ3v) is 3.51. The van der Waals surface area contributed by atoms with Crippen LogP contribution in [0.15, 0.2) is 58.8 Å². The molecule has 1 aliphatic rings. The Kier molecular flexibility index (Phi) is 4.29. The van der Waals surface area contributed by atoms with E-state index >= 15 is 0 Å². The SMILES string of the molecule is CN(CC1CO1)c1ccc(N=Nc2ccc([N+](=O)[O-])cc2)cc1. The Morgan fingerprint density at radius 3 is 2.13 bits per heavy atom. The average molecular weight is 312 g/mol. The van der Waals surface area contributed by atoms with Crippen LogP contribution in [0.1, 0.15) is 0 Å². The summed E-state index contributed by atoms with van der Waals surface area (Å²) in [6.45, 7) is 1.72. The van der Waals surface area contributed by atoms with E-state index in [0.717, 1.165) is 24.5 Å². The van der Waals surface area contributed by atoms with Crippen LogP contribution < -0.4 is 4.90 Å². The number of anilines is 1. The molecule has 23 heavy (non-hydrogen) atoms. The number of ether oxygens (including phenoxy) is 1. The summed E-state index contributed by atoms with van der Waals surface area (Å²) in [5, 5.41) is 18.8. The summed E-state index contributed by atoms with van der Waals surface area (Å²) in [7, 11) is 2.02. The van der Waals surface area contributed by atoms with Crippen molar-refractivity contribution in [2.75, 3.05) is 25.1 Å². The maximum absolute atomic E-state index is 10.6. The first-order valence-electron chi connectivity index (χ1n) is 7.21. The van der Waals surface area contributed by atoms with Crippen LogP contribution in [0.3, 0.4) is 0 Å². The molecule has 0 aromatic heterocycles. The molecule has 1 fully saturated rings. The average Bonchev–Trinajstić information content (AvgIpc) is 3.37. The lowest BCUT2D eigenvalue weighted by Gasteiger charge is -2.17. The molecule has 7 heteroatoms. The quantitative estimate of drug-likeness (QED) is 0.351. The van der Waals surface area contributed by atoms with Gasteiger partial charge in [0.2, 0.25) is 0 Å². The molecular formula is C16H16N4O3. The second-order valence-corrected chi connectivity index (χ2v) is 5.33. The van der Waals surface area contributed by atoms with E-state index in [1.54, 1.807) is 12.1 Å². The van der Waals surface area contributed by atoms with Crippen LogP contribution in [0.5, 0.6) is 0 Å². The number of epoxide rings is 1. The zero-order valence-electron chi connectivity index (χ0n) is 12.6. The van der Waals surface area contributed by atoms with Crippen LogP contribution in [-0.2, 0) is 4.74 Å². The number of benzene rings is 2. The number of non-ortho nitro benzene ring substituents is 1. The molecule has 118 valence electrons. The predicted octanol–water partition coefficient (Wildman–Crippen LogP) is 3.85. The van der Waals surface area contributed by atoms with E-state index in [1.807, 2.05) is 31.3 Å². The molecule has 1 atom stereocenters. The third-order valence-electron chi connectivity index (χ3n) is 3.51. The lowest BCUT2D eigenvalue weighted by atomic mass is 10.2. The molecule has 7 nitrogen and oxygen atoms in total. The van der Waals surface area contributed by atoms with Gasteiger partial charge in [0.1, 0.15) is 0 Å². The molecule has 2 aromatic carbocycles. The zero-order valence-corrected chi connectivity index (χ0v) is 12.6. The molecule has 0 amide bonds. The highest BCUT2D eigenvalue weighted by Crippen LogP contribution is 2.24. The fraction of sp³-hybridized carbons (Fsp3) is 0.250. The number of nitro groups is 1. The summed E-state index contributed by atoms with van der Waals surface area (Å²) in [6.07, 6.45) is 0.349. The molecule has 0 saturated carbocycles. The summed E-state index contributed by atoms with van der Waals surface area (Å²) < 4.78 is 5.22. The van der Waals surface area contributed by atoms with Crippen LogP contribution in [0, 0.1) is 10.1 Å². The van der Waals surface area contributed by atoms with E-state index < -0.39 is 4.92 Å². The lowest BCUT2D eigenvalue weighted by molar-refractivity contribution is -0.384. The summed E-state index contributed by atoms with van der Waals surface area (Å²) in [6, 6.07) is 13.7. The van der Waals surface area contributed by atoms with Crippen molar-refractivity contribution in [2.45, 2.75) is 6.10 Å². The van der Waals surface area contributed by atoms with Crippen molar-refractivity contribution in [1.29, 1.82) is 0 Å². The normalized spacial score (nSPS) is 16.5. The fourth-order valence-corrected chi connectivity index (χ4v) is 2.11. The minimum absolute atomic E-state index is 0.0379. The summed E-state index contributed by atoms with van der Waals surface area (Å²) in [4.78, 5) is 12.3. The molecular weight excluding hydrogens is 296 g/mol. The van der Waals surface area contributed by atoms with E-state index in [2.05, 4.69) is 15.1 Å². The molecule has 3 rings (SSSR count). The van der Waals surface area contributed by atoms with Crippen molar-refractivity contribution in [3.8, 4) is 0 Å². The molecule has 0 aliphatic carbocycles. The van der Waals surface area contributed by atoms with Crippen LogP contribution in [-0.4, -0.2) is 31.2 Å². The maximum Gasteiger partial charge on any atom is 0.269 e. The van der Waals surface area contributed by atoms with Crippen LogP contribution in [0.25, 0.3) is 0 Å². The van der Waals surface area contributed by atoms with Gasteiger partial charge in [-0.15, -0.1) is 0 Å². The molecule has 2 aromatic rings. The minimum Gasteiger partial charge on any atom is -0.372 e. The Morgan fingerprint density at radius 1 is 1.13 bits per heavy atom. The second kappa shape index (κ2) is 6.53. The molecule has 1 unspecified atom stereocenters. The molecule has 0 bridgehead atoms. The van der Waals surface area contributed by atoms with E-state index in [4.69, 9.17) is 4.74 Å². The second-order valence-electron chi connectivity index (χ2n) is 5.33. The zero-order chi connectivity index (χ0) is 16.2. The summed E-state index contributed by atoms with van der Waals surface area (Å²) in [5.74, 6) is 0. The number of rotatable bonds is 6. The van der Waals surface area contributed by atoms with Crippen molar-refractivity contribution in [3.63, 3.8) is 0 Å². The smallest absolute Gasteiger partial charge is 0.269 e. The lowest BCUT2D eigenvalue weighted by Crippen LogP contribution is -2.22. The Balaban J connectivity index is 1.63. The van der Waals surface area contributed by atoms with Gasteiger partial charge in [0.25, 0.3) is 5.69 Å². The minimum atomic E-state index is -0.442. The van der Waals surface area contributed by atoms with Crippen molar-refractivity contribution in [1.82, 2.24) is 0 Å². The Bertz CT molecular complexity index is 709. The van der Waals surface area contributed by atoms with E-state index in [0.29, 0.717) is 11.8 Å². The van der Waals surface area contributed by atoms with Crippen molar-refractivity contribution in [2.24, 2.45) is 10.2 Å². The van der Waals surface area contributed by atoms with Gasteiger partial charge < -0.3 is 9.64 Å². The van der Waals surface area contributed by atoms with Gasteiger partial charge in [0, 0.05) is 31.4 Å². The van der Waals surface area contributed by atoms with Gasteiger partial charge in [-0.1, -0.05) is 0 Å². The molecule has 1 saturated heterocycles. The number of hydrogen-bond donors (Lipinski definition) is 0. The molecule has 0 radical (unpaired) electrons. The third kappa shape index (κ3) is 4.10. The van der Waals surface area contributed by atoms with E-state index in [9.17, 15) is 10.1 Å². The van der Waals surface area contributed by atoms with Gasteiger partial charge in [-0.3, -0.25) is 10.1 Å². The Hall–Kier alpha value is -2.80. The van der Waals surface area contributed by atoms with Crippen LogP contribution >= 0.6 is 0 Å². The van der Waals surface area contributed by atoms with Crippen LogP contribution in [0.4, 0.5) is 22.7 Å². The predicted molar refractivity (Wildman–Crippen MR) is 86.7 cm³/mol. The maximum atomic E-state index is 10.6. The molecule has 0 spiro atoms. The first-order valence-corrected chi connectivity index (χ1v) is 7.21. The van der Waals surface area contributed by atoms with Gasteiger partial charge in [-0.05, 0) is 36.4 Å². The number of likely N-dealkylation sites (N-methyl/N-ethyl adjacent to an activating group) is 1. The Morgan fingerprint density at radius 2 is 1.65 bits per heavy atom. The van der Waals surface area contributed by atoms with Gasteiger partial charge in [-0.25, -0.2) is 0 Å². The molecule has 0 N–H and O–H groups in total. The van der Waals surface area contributed by atoms with Gasteiger partial charge in [-0.2, -0.15) is 10.2 Å². The fourth-order valence-electron chi connectivity index (χ4n) is 2.11. The number of nitro benzene ring substituents is 1. The van der Waals surface area contributed by atoms with Crippen molar-refractivity contribution in [3.05, 3.63) is 58.6 Å². The van der Waals surface area contributed by atoms with E-state index in [1.165, 1.54) is 12.1 Å². The number of hydrogen-bond acceptors (Lipinski definition) is 6. The highest BCUT2D eigenvalue weighted by Gasteiger charge is 2.24. The molecule has 1 heterocycles. The molecule has 1 aliphatic heterocycles. The number of azo groups is 1. The largest absolute Gasteiger partial charge is 0.372 e. The topological polar surface area (TPSA) is 83.6 Å². The Labute approximate surface area is 133 Å². The van der Waals surface area contributed by atoms with Crippen molar-refractivity contribution < 1.29 is 9.66 Å².